The van der Waals surface area contributed by atoms with Gasteiger partial charge in [-0.15, -0.1) is 0 Å². The summed E-state index contributed by atoms with van der Waals surface area (Å²) < 4.78 is 0. The van der Waals surface area contributed by atoms with Crippen LogP contribution in [0.25, 0.3) is 0 Å². The second-order valence-corrected chi connectivity index (χ2v) is 3.96. The summed E-state index contributed by atoms with van der Waals surface area (Å²) in [6.07, 6.45) is 2.50. The van der Waals surface area contributed by atoms with E-state index in [9.17, 15) is 0 Å². The van der Waals surface area contributed by atoms with E-state index in [4.69, 9.17) is 0 Å². The van der Waals surface area contributed by atoms with Crippen LogP contribution in [-0.4, -0.2) is 7.05 Å². The molecule has 1 nitrogen and oxygen atoms in total. The number of hydrogen-bond donors (Lipinski definition) is 1. The maximum absolute atomic E-state index is 3.37. The molecule has 13 heavy (non-hydrogen) atoms. The third-order valence-electron chi connectivity index (χ3n) is 3.31. The third-order valence-corrected chi connectivity index (χ3v) is 3.31. The van der Waals surface area contributed by atoms with Crippen molar-refractivity contribution in [3.05, 3.63) is 34.4 Å². The number of hydrogen-bond acceptors (Lipinski definition) is 1. The van der Waals surface area contributed by atoms with Crippen molar-refractivity contribution in [2.24, 2.45) is 0 Å². The van der Waals surface area contributed by atoms with Crippen LogP contribution < -0.4 is 5.32 Å². The van der Waals surface area contributed by atoms with Crippen LogP contribution in [0.1, 0.15) is 34.7 Å². The SMILES string of the molecule is CNC1CCc2c1ccc(C)c2C. The highest BCUT2D eigenvalue weighted by molar-refractivity contribution is 5.44. The van der Waals surface area contributed by atoms with Crippen LogP contribution in [0, 0.1) is 13.8 Å². The number of rotatable bonds is 1. The molecule has 0 aromatic heterocycles. The Morgan fingerprint density at radius 3 is 2.77 bits per heavy atom. The lowest BCUT2D eigenvalue weighted by Crippen LogP contribution is -2.12. The number of nitrogens with one attached hydrogen (secondary N) is 1. The maximum Gasteiger partial charge on any atom is 0.0323 e. The van der Waals surface area contributed by atoms with E-state index in [1.165, 1.54) is 29.5 Å². The largest absolute Gasteiger partial charge is 0.313 e. The zero-order chi connectivity index (χ0) is 9.42. The van der Waals surface area contributed by atoms with Crippen LogP contribution in [0.15, 0.2) is 12.1 Å². The minimum Gasteiger partial charge on any atom is -0.313 e. The molecule has 0 amide bonds. The lowest BCUT2D eigenvalue weighted by Gasteiger charge is -2.11. The van der Waals surface area contributed by atoms with Crippen LogP contribution in [0.3, 0.4) is 0 Å². The first kappa shape index (κ1) is 8.76. The molecule has 1 N–H and O–H groups in total. The van der Waals surface area contributed by atoms with E-state index in [1.807, 2.05) is 0 Å². The third kappa shape index (κ3) is 1.28. The van der Waals surface area contributed by atoms with Gasteiger partial charge >= 0.3 is 0 Å². The van der Waals surface area contributed by atoms with Crippen LogP contribution in [0.4, 0.5) is 0 Å². The van der Waals surface area contributed by atoms with Gasteiger partial charge in [0.15, 0.2) is 0 Å². The molecular formula is C12H17N. The molecule has 0 fully saturated rings. The molecule has 2 rings (SSSR count). The van der Waals surface area contributed by atoms with Gasteiger partial charge in [0.2, 0.25) is 0 Å². The summed E-state index contributed by atoms with van der Waals surface area (Å²) in [5.74, 6) is 0. The smallest absolute Gasteiger partial charge is 0.0323 e. The fourth-order valence-electron chi connectivity index (χ4n) is 2.30. The van der Waals surface area contributed by atoms with Crippen LogP contribution in [-0.2, 0) is 6.42 Å². The van der Waals surface area contributed by atoms with Crippen LogP contribution >= 0.6 is 0 Å². The van der Waals surface area contributed by atoms with Gasteiger partial charge in [-0.1, -0.05) is 12.1 Å². The Hall–Kier alpha value is -0.820. The van der Waals surface area contributed by atoms with Gasteiger partial charge in [-0.25, -0.2) is 0 Å². The minimum atomic E-state index is 0.592. The van der Waals surface area contributed by atoms with Gasteiger partial charge in [-0.2, -0.15) is 0 Å². The highest BCUT2D eigenvalue weighted by Crippen LogP contribution is 2.33. The molecule has 1 unspecified atom stereocenters. The van der Waals surface area contributed by atoms with Crippen LogP contribution in [0.5, 0.6) is 0 Å². The van der Waals surface area contributed by atoms with Gasteiger partial charge in [0.05, 0.1) is 0 Å². The summed E-state index contributed by atoms with van der Waals surface area (Å²) in [5, 5.41) is 3.37. The fourth-order valence-corrected chi connectivity index (χ4v) is 2.30. The second-order valence-electron chi connectivity index (χ2n) is 3.96. The van der Waals surface area contributed by atoms with Crippen LogP contribution in [0.2, 0.25) is 0 Å². The Balaban J connectivity index is 2.50. The molecule has 0 spiro atoms. The molecule has 0 heterocycles. The molecule has 0 saturated carbocycles. The van der Waals surface area contributed by atoms with E-state index in [-0.39, 0.29) is 0 Å². The maximum atomic E-state index is 3.37. The zero-order valence-electron chi connectivity index (χ0n) is 8.65. The predicted molar refractivity (Wildman–Crippen MR) is 56.0 cm³/mol. The van der Waals surface area contributed by atoms with Gasteiger partial charge in [0.1, 0.15) is 0 Å². The molecular weight excluding hydrogens is 158 g/mol. The monoisotopic (exact) mass is 175 g/mol. The molecule has 1 heteroatoms. The quantitative estimate of drug-likeness (QED) is 0.691. The molecule has 1 aromatic carbocycles. The lowest BCUT2D eigenvalue weighted by molar-refractivity contribution is 0.590. The molecule has 1 atom stereocenters. The van der Waals surface area contributed by atoms with Crippen molar-refractivity contribution < 1.29 is 0 Å². The summed E-state index contributed by atoms with van der Waals surface area (Å²) in [6.45, 7) is 4.44. The molecule has 1 aromatic rings. The topological polar surface area (TPSA) is 12.0 Å². The van der Waals surface area contributed by atoms with Crippen molar-refractivity contribution in [1.82, 2.24) is 5.32 Å². The lowest BCUT2D eigenvalue weighted by atomic mass is 9.99. The van der Waals surface area contributed by atoms with Gasteiger partial charge in [0, 0.05) is 6.04 Å². The highest BCUT2D eigenvalue weighted by atomic mass is 14.9. The first-order valence-electron chi connectivity index (χ1n) is 5.00. The molecule has 0 bridgehead atoms. The molecule has 1 aliphatic carbocycles. The van der Waals surface area contributed by atoms with E-state index in [1.54, 1.807) is 5.56 Å². The van der Waals surface area contributed by atoms with E-state index in [0.717, 1.165) is 0 Å². The summed E-state index contributed by atoms with van der Waals surface area (Å²) in [6, 6.07) is 5.12. The van der Waals surface area contributed by atoms with Crippen molar-refractivity contribution in [3.63, 3.8) is 0 Å². The minimum absolute atomic E-state index is 0.592. The fraction of sp³-hybridized carbons (Fsp3) is 0.500. The van der Waals surface area contributed by atoms with E-state index < -0.39 is 0 Å². The van der Waals surface area contributed by atoms with Gasteiger partial charge in [0.25, 0.3) is 0 Å². The van der Waals surface area contributed by atoms with Gasteiger partial charge in [-0.3, -0.25) is 0 Å². The summed E-state index contributed by atoms with van der Waals surface area (Å²) in [4.78, 5) is 0. The van der Waals surface area contributed by atoms with Crippen molar-refractivity contribution >= 4 is 0 Å². The van der Waals surface area contributed by atoms with Crippen molar-refractivity contribution in [2.45, 2.75) is 32.7 Å². The Morgan fingerprint density at radius 2 is 2.08 bits per heavy atom. The Kier molecular flexibility index (Phi) is 2.12. The molecule has 0 radical (unpaired) electrons. The molecule has 0 aliphatic heterocycles. The van der Waals surface area contributed by atoms with E-state index in [0.29, 0.717) is 6.04 Å². The molecule has 0 saturated heterocycles. The second kappa shape index (κ2) is 3.15. The summed E-state index contributed by atoms with van der Waals surface area (Å²) >= 11 is 0. The Bertz CT molecular complexity index is 328. The van der Waals surface area contributed by atoms with Gasteiger partial charge < -0.3 is 5.32 Å². The average Bonchev–Trinajstić information content (AvgIpc) is 2.55. The highest BCUT2D eigenvalue weighted by Gasteiger charge is 2.22. The van der Waals surface area contributed by atoms with E-state index in [2.05, 4.69) is 38.3 Å². The zero-order valence-corrected chi connectivity index (χ0v) is 8.65. The van der Waals surface area contributed by atoms with Gasteiger partial charge in [-0.05, 0) is 56.0 Å². The Labute approximate surface area is 80.2 Å². The average molecular weight is 175 g/mol. The standard InChI is InChI=1S/C12H17N/c1-8-4-5-11-10(9(8)2)6-7-12(11)13-3/h4-5,12-13H,6-7H2,1-3H3. The van der Waals surface area contributed by atoms with Crippen molar-refractivity contribution in [2.75, 3.05) is 7.05 Å². The Morgan fingerprint density at radius 1 is 1.31 bits per heavy atom. The predicted octanol–water partition coefficient (Wildman–Crippen LogP) is 2.51. The molecule has 1 aliphatic rings. The first-order chi connectivity index (χ1) is 6.24. The summed E-state index contributed by atoms with van der Waals surface area (Å²) in [7, 11) is 2.05. The van der Waals surface area contributed by atoms with E-state index >= 15 is 0 Å². The normalized spacial score (nSPS) is 20.4. The molecule has 70 valence electrons. The first-order valence-corrected chi connectivity index (χ1v) is 5.00. The number of aryl methyl sites for hydroxylation is 1. The number of fused-ring (bicyclic) bond motifs is 1. The number of benzene rings is 1. The summed E-state index contributed by atoms with van der Waals surface area (Å²) in [5.41, 5.74) is 6.02. The van der Waals surface area contributed by atoms with Crippen molar-refractivity contribution in [3.8, 4) is 0 Å². The van der Waals surface area contributed by atoms with Crippen molar-refractivity contribution in [1.29, 1.82) is 0 Å².